The Morgan fingerprint density at radius 1 is 1.14 bits per heavy atom. The summed E-state index contributed by atoms with van der Waals surface area (Å²) in [6.07, 6.45) is 2.80. The second-order valence-corrected chi connectivity index (χ2v) is 7.94. The number of Topliss-reactive ketones (excluding diaryl/α,β-unsaturated/α-hetero) is 1. The summed E-state index contributed by atoms with van der Waals surface area (Å²) in [5.41, 5.74) is 0.00762. The highest BCUT2D eigenvalue weighted by Crippen LogP contribution is 2.56. The van der Waals surface area contributed by atoms with Gasteiger partial charge in [0.1, 0.15) is 6.04 Å². The van der Waals surface area contributed by atoms with Crippen molar-refractivity contribution in [2.75, 3.05) is 6.61 Å². The first-order valence-corrected chi connectivity index (χ1v) is 9.60. The van der Waals surface area contributed by atoms with Gasteiger partial charge in [-0.05, 0) is 50.2 Å². The Kier molecular flexibility index (Phi) is 4.68. The Morgan fingerprint density at radius 3 is 2.21 bits per heavy atom. The first-order valence-electron chi connectivity index (χ1n) is 9.60. The van der Waals surface area contributed by atoms with Crippen LogP contribution in [0.1, 0.15) is 36.5 Å². The van der Waals surface area contributed by atoms with Crippen molar-refractivity contribution in [2.45, 2.75) is 32.2 Å². The summed E-state index contributed by atoms with van der Waals surface area (Å²) in [7, 11) is 0. The number of non-ortho nitro benzene ring substituents is 1. The SMILES string of the molecule is C[C@H](C(=O)OCC(=O)c1ccc([N+](=O)[O-])cc1)N1C(=O)[C@@H]2[C@@H]3CC[C@@H](C3)[C@@H]2C1=O. The Balaban J connectivity index is 1.37. The Labute approximate surface area is 166 Å². The molecule has 9 nitrogen and oxygen atoms in total. The van der Waals surface area contributed by atoms with Crippen molar-refractivity contribution in [3.63, 3.8) is 0 Å². The lowest BCUT2D eigenvalue weighted by atomic mass is 9.81. The highest BCUT2D eigenvalue weighted by Gasteiger charge is 2.62. The normalized spacial score (nSPS) is 28.4. The number of imide groups is 1. The van der Waals surface area contributed by atoms with Crippen molar-refractivity contribution in [1.82, 2.24) is 4.90 Å². The van der Waals surface area contributed by atoms with Crippen LogP contribution in [-0.4, -0.2) is 46.0 Å². The number of fused-ring (bicyclic) bond motifs is 5. The number of ether oxygens (including phenoxy) is 1. The van der Waals surface area contributed by atoms with Crippen LogP contribution in [0.5, 0.6) is 0 Å². The summed E-state index contributed by atoms with van der Waals surface area (Å²) in [5.74, 6) is -2.17. The molecule has 1 aliphatic heterocycles. The first-order chi connectivity index (χ1) is 13.8. The van der Waals surface area contributed by atoms with Gasteiger partial charge in [-0.15, -0.1) is 0 Å². The molecule has 3 fully saturated rings. The predicted octanol–water partition coefficient (Wildman–Crippen LogP) is 1.74. The lowest BCUT2D eigenvalue weighted by molar-refractivity contribution is -0.384. The zero-order valence-electron chi connectivity index (χ0n) is 15.8. The molecule has 1 heterocycles. The second kappa shape index (κ2) is 7.06. The number of nitro benzene ring substituents is 1. The monoisotopic (exact) mass is 400 g/mol. The molecule has 4 rings (SSSR count). The average molecular weight is 400 g/mol. The number of likely N-dealkylation sites (tertiary alicyclic amines) is 1. The molecule has 0 aromatic heterocycles. The highest BCUT2D eigenvalue weighted by atomic mass is 16.6. The summed E-state index contributed by atoms with van der Waals surface area (Å²) in [5, 5.41) is 10.7. The quantitative estimate of drug-likeness (QED) is 0.234. The van der Waals surface area contributed by atoms with Crippen LogP contribution < -0.4 is 0 Å². The fourth-order valence-corrected chi connectivity index (χ4v) is 5.03. The molecule has 0 radical (unpaired) electrons. The van der Waals surface area contributed by atoms with Gasteiger partial charge < -0.3 is 4.74 Å². The molecule has 3 aliphatic rings. The van der Waals surface area contributed by atoms with Crippen LogP contribution in [0.2, 0.25) is 0 Å². The van der Waals surface area contributed by atoms with Gasteiger partial charge in [-0.1, -0.05) is 0 Å². The summed E-state index contributed by atoms with van der Waals surface area (Å²) >= 11 is 0. The first kappa shape index (κ1) is 19.2. The maximum atomic E-state index is 12.8. The van der Waals surface area contributed by atoms with Crippen molar-refractivity contribution >= 4 is 29.3 Å². The molecule has 29 heavy (non-hydrogen) atoms. The molecule has 1 aromatic carbocycles. The van der Waals surface area contributed by atoms with Crippen LogP contribution in [0.15, 0.2) is 24.3 Å². The van der Waals surface area contributed by atoms with E-state index in [0.29, 0.717) is 0 Å². The maximum Gasteiger partial charge on any atom is 0.329 e. The lowest BCUT2D eigenvalue weighted by Crippen LogP contribution is -2.45. The van der Waals surface area contributed by atoms with E-state index in [2.05, 4.69) is 0 Å². The van der Waals surface area contributed by atoms with Crippen LogP contribution in [0, 0.1) is 33.8 Å². The van der Waals surface area contributed by atoms with E-state index >= 15 is 0 Å². The molecule has 0 N–H and O–H groups in total. The molecule has 2 saturated carbocycles. The van der Waals surface area contributed by atoms with Crippen molar-refractivity contribution < 1.29 is 28.8 Å². The molecular weight excluding hydrogens is 380 g/mol. The third-order valence-corrected chi connectivity index (χ3v) is 6.44. The molecule has 152 valence electrons. The zero-order valence-corrected chi connectivity index (χ0v) is 15.8. The van der Waals surface area contributed by atoms with E-state index in [4.69, 9.17) is 4.74 Å². The van der Waals surface area contributed by atoms with Crippen LogP contribution in [0.25, 0.3) is 0 Å². The van der Waals surface area contributed by atoms with Gasteiger partial charge in [0.2, 0.25) is 11.8 Å². The molecule has 2 amide bonds. The number of carbonyl (C=O) groups excluding carboxylic acids is 4. The fourth-order valence-electron chi connectivity index (χ4n) is 5.03. The highest BCUT2D eigenvalue weighted by molar-refractivity contribution is 6.08. The number of hydrogen-bond acceptors (Lipinski definition) is 7. The fraction of sp³-hybridized carbons (Fsp3) is 0.500. The molecule has 0 unspecified atom stereocenters. The zero-order chi connectivity index (χ0) is 20.9. The molecular formula is C20H20N2O7. The van der Waals surface area contributed by atoms with Gasteiger partial charge in [-0.2, -0.15) is 0 Å². The number of esters is 1. The Hall–Kier alpha value is -3.10. The summed E-state index contributed by atoms with van der Waals surface area (Å²) in [4.78, 5) is 61.2. The number of nitrogens with zero attached hydrogens (tertiary/aromatic N) is 2. The molecule has 1 saturated heterocycles. The number of amides is 2. The number of benzene rings is 1. The Bertz CT molecular complexity index is 882. The minimum atomic E-state index is -1.09. The molecule has 0 spiro atoms. The van der Waals surface area contributed by atoms with Crippen LogP contribution in [-0.2, 0) is 19.1 Å². The van der Waals surface area contributed by atoms with Crippen molar-refractivity contribution in [3.05, 3.63) is 39.9 Å². The molecule has 9 heteroatoms. The Morgan fingerprint density at radius 2 is 1.69 bits per heavy atom. The minimum absolute atomic E-state index is 0.155. The average Bonchev–Trinajstić information content (AvgIpc) is 3.39. The van der Waals surface area contributed by atoms with E-state index in [1.165, 1.54) is 31.2 Å². The van der Waals surface area contributed by atoms with E-state index in [0.717, 1.165) is 24.2 Å². The van der Waals surface area contributed by atoms with E-state index in [-0.39, 0.29) is 46.7 Å². The molecule has 2 bridgehead atoms. The summed E-state index contributed by atoms with van der Waals surface area (Å²) in [6, 6.07) is 3.84. The molecule has 5 atom stereocenters. The third kappa shape index (κ3) is 3.10. The van der Waals surface area contributed by atoms with Crippen LogP contribution in [0.4, 0.5) is 5.69 Å². The predicted molar refractivity (Wildman–Crippen MR) is 97.5 cm³/mol. The number of nitro groups is 1. The van der Waals surface area contributed by atoms with E-state index in [1.54, 1.807) is 0 Å². The second-order valence-electron chi connectivity index (χ2n) is 7.94. The van der Waals surface area contributed by atoms with E-state index in [9.17, 15) is 29.3 Å². The van der Waals surface area contributed by atoms with Gasteiger partial charge in [0, 0.05) is 17.7 Å². The number of hydrogen-bond donors (Lipinski definition) is 0. The maximum absolute atomic E-state index is 12.8. The minimum Gasteiger partial charge on any atom is -0.456 e. The van der Waals surface area contributed by atoms with E-state index in [1.807, 2.05) is 0 Å². The largest absolute Gasteiger partial charge is 0.456 e. The van der Waals surface area contributed by atoms with Gasteiger partial charge in [0.25, 0.3) is 5.69 Å². The van der Waals surface area contributed by atoms with E-state index < -0.39 is 29.3 Å². The topological polar surface area (TPSA) is 124 Å². The van der Waals surface area contributed by atoms with Gasteiger partial charge >= 0.3 is 5.97 Å². The van der Waals surface area contributed by atoms with Gasteiger partial charge in [-0.3, -0.25) is 29.4 Å². The number of carbonyl (C=O) groups is 4. The van der Waals surface area contributed by atoms with Gasteiger partial charge in [-0.25, -0.2) is 4.79 Å². The van der Waals surface area contributed by atoms with Crippen LogP contribution >= 0.6 is 0 Å². The molecule has 1 aromatic rings. The van der Waals surface area contributed by atoms with Crippen molar-refractivity contribution in [3.8, 4) is 0 Å². The number of ketones is 1. The number of rotatable bonds is 6. The standard InChI is InChI=1S/C20H20N2O7/c1-10(21-18(24)16-12-2-3-13(8-12)17(16)19(21)25)20(26)29-9-15(23)11-4-6-14(7-5-11)22(27)28/h4-7,10,12-13,16-17H,2-3,8-9H2,1H3/t10-,12-,13+,16-,17+/m1/s1. The summed E-state index contributed by atoms with van der Waals surface area (Å²) in [6.45, 7) is 0.854. The van der Waals surface area contributed by atoms with Crippen molar-refractivity contribution in [1.29, 1.82) is 0 Å². The van der Waals surface area contributed by atoms with Crippen molar-refractivity contribution in [2.24, 2.45) is 23.7 Å². The third-order valence-electron chi connectivity index (χ3n) is 6.44. The lowest BCUT2D eigenvalue weighted by Gasteiger charge is -2.22. The summed E-state index contributed by atoms with van der Waals surface area (Å²) < 4.78 is 5.03. The molecule has 2 aliphatic carbocycles. The van der Waals surface area contributed by atoms with Gasteiger partial charge in [0.05, 0.1) is 16.8 Å². The van der Waals surface area contributed by atoms with Crippen LogP contribution in [0.3, 0.4) is 0 Å². The smallest absolute Gasteiger partial charge is 0.329 e. The van der Waals surface area contributed by atoms with Gasteiger partial charge in [0.15, 0.2) is 12.4 Å².